The highest BCUT2D eigenvalue weighted by atomic mass is 32.1. The van der Waals surface area contributed by atoms with Crippen LogP contribution >= 0.6 is 11.3 Å². The summed E-state index contributed by atoms with van der Waals surface area (Å²) in [7, 11) is 0. The van der Waals surface area contributed by atoms with Crippen molar-refractivity contribution in [2.24, 2.45) is 0 Å². The van der Waals surface area contributed by atoms with Crippen molar-refractivity contribution in [2.75, 3.05) is 6.54 Å². The fourth-order valence-electron chi connectivity index (χ4n) is 3.05. The van der Waals surface area contributed by atoms with E-state index in [9.17, 15) is 4.79 Å². The number of amides is 1. The summed E-state index contributed by atoms with van der Waals surface area (Å²) < 4.78 is 0. The number of likely N-dealkylation sites (tertiary alicyclic amines) is 1. The molecule has 1 fully saturated rings. The van der Waals surface area contributed by atoms with Gasteiger partial charge in [0.1, 0.15) is 4.88 Å². The molecule has 0 bridgehead atoms. The number of aryl methyl sites for hydroxylation is 1. The van der Waals surface area contributed by atoms with Crippen LogP contribution in [0.1, 0.15) is 71.1 Å². The Balaban J connectivity index is 1.90. The van der Waals surface area contributed by atoms with Crippen LogP contribution in [-0.4, -0.2) is 27.3 Å². The van der Waals surface area contributed by atoms with Gasteiger partial charge in [-0.25, -0.2) is 4.98 Å². The Morgan fingerprint density at radius 2 is 2.17 bits per heavy atom. The summed E-state index contributed by atoms with van der Waals surface area (Å²) in [5.41, 5.74) is 1.85. The summed E-state index contributed by atoms with van der Waals surface area (Å²) >= 11 is 1.54. The van der Waals surface area contributed by atoms with Gasteiger partial charge in [-0.15, -0.1) is 11.3 Å². The minimum absolute atomic E-state index is 0.0847. The second kappa shape index (κ2) is 6.79. The summed E-state index contributed by atoms with van der Waals surface area (Å²) in [6, 6.07) is 6.02. The Bertz CT molecular complexity index is 681. The van der Waals surface area contributed by atoms with Gasteiger partial charge in [-0.05, 0) is 38.3 Å². The fraction of sp³-hybridized carbons (Fsp3) is 0.500. The molecule has 1 atom stereocenters. The molecule has 0 aliphatic carbocycles. The Kier molecular flexibility index (Phi) is 4.76. The molecule has 5 heteroatoms. The molecule has 0 spiro atoms. The van der Waals surface area contributed by atoms with Gasteiger partial charge >= 0.3 is 0 Å². The number of carbonyl (C=O) groups is 1. The normalized spacial score (nSPS) is 18.4. The molecule has 2 aromatic heterocycles. The quantitative estimate of drug-likeness (QED) is 0.841. The molecule has 23 heavy (non-hydrogen) atoms. The summed E-state index contributed by atoms with van der Waals surface area (Å²) in [6.07, 6.45) is 4.99. The average Bonchev–Trinajstić information content (AvgIpc) is 2.97. The third-order valence-corrected chi connectivity index (χ3v) is 5.74. The Morgan fingerprint density at radius 1 is 1.35 bits per heavy atom. The smallest absolute Gasteiger partial charge is 0.266 e. The van der Waals surface area contributed by atoms with E-state index in [0.717, 1.165) is 47.1 Å². The van der Waals surface area contributed by atoms with E-state index in [1.165, 1.54) is 0 Å². The molecule has 0 unspecified atom stereocenters. The largest absolute Gasteiger partial charge is 0.329 e. The predicted octanol–water partition coefficient (Wildman–Crippen LogP) is 4.34. The zero-order valence-electron chi connectivity index (χ0n) is 14.0. The maximum absolute atomic E-state index is 13.1. The lowest BCUT2D eigenvalue weighted by molar-refractivity contribution is 0.0610. The summed E-state index contributed by atoms with van der Waals surface area (Å²) in [5, 5.41) is 1.04. The van der Waals surface area contributed by atoms with Gasteiger partial charge in [0, 0.05) is 18.7 Å². The molecule has 1 saturated heterocycles. The molecular formula is C18H23N3OS. The molecule has 122 valence electrons. The number of hydrogen-bond acceptors (Lipinski definition) is 4. The number of aromatic nitrogens is 2. The van der Waals surface area contributed by atoms with Crippen molar-refractivity contribution in [1.82, 2.24) is 14.9 Å². The number of rotatable bonds is 3. The van der Waals surface area contributed by atoms with Crippen LogP contribution in [0.15, 0.2) is 24.4 Å². The molecule has 0 N–H and O–H groups in total. The number of piperidine rings is 1. The van der Waals surface area contributed by atoms with E-state index in [0.29, 0.717) is 5.92 Å². The standard InChI is InChI=1S/C18H23N3OS/c1-12(2)17-20-13(3)16(23-17)18(22)21-11-7-5-9-15(21)14-8-4-6-10-19-14/h4,6,8,10,12,15H,5,7,9,11H2,1-3H3/t15-/m0/s1. The third kappa shape index (κ3) is 3.29. The lowest BCUT2D eigenvalue weighted by atomic mass is 9.98. The molecule has 1 aliphatic heterocycles. The number of hydrogen-bond donors (Lipinski definition) is 0. The van der Waals surface area contributed by atoms with Crippen molar-refractivity contribution in [3.63, 3.8) is 0 Å². The number of pyridine rings is 1. The summed E-state index contributed by atoms with van der Waals surface area (Å²) in [4.78, 5) is 25.0. The van der Waals surface area contributed by atoms with Crippen LogP contribution in [0.5, 0.6) is 0 Å². The first-order chi connectivity index (χ1) is 11.1. The molecule has 1 amide bonds. The van der Waals surface area contributed by atoms with Crippen LogP contribution in [0.2, 0.25) is 0 Å². The van der Waals surface area contributed by atoms with Crippen LogP contribution in [0.3, 0.4) is 0 Å². The molecule has 0 aromatic carbocycles. The summed E-state index contributed by atoms with van der Waals surface area (Å²) in [5.74, 6) is 0.468. The monoisotopic (exact) mass is 329 g/mol. The van der Waals surface area contributed by atoms with Gasteiger partial charge in [-0.1, -0.05) is 19.9 Å². The number of nitrogens with zero attached hydrogens (tertiary/aromatic N) is 3. The van der Waals surface area contributed by atoms with Gasteiger partial charge in [0.15, 0.2) is 0 Å². The van der Waals surface area contributed by atoms with Gasteiger partial charge in [0.05, 0.1) is 22.4 Å². The highest BCUT2D eigenvalue weighted by molar-refractivity contribution is 7.13. The highest BCUT2D eigenvalue weighted by Crippen LogP contribution is 2.33. The minimum Gasteiger partial charge on any atom is -0.329 e. The fourth-order valence-corrected chi connectivity index (χ4v) is 4.07. The van der Waals surface area contributed by atoms with Gasteiger partial charge < -0.3 is 4.90 Å². The van der Waals surface area contributed by atoms with Crippen LogP contribution < -0.4 is 0 Å². The van der Waals surface area contributed by atoms with Crippen LogP contribution in [0.4, 0.5) is 0 Å². The molecule has 2 aromatic rings. The highest BCUT2D eigenvalue weighted by Gasteiger charge is 2.31. The third-order valence-electron chi connectivity index (χ3n) is 4.29. The first kappa shape index (κ1) is 16.1. The van der Waals surface area contributed by atoms with Crippen molar-refractivity contribution in [2.45, 2.75) is 52.0 Å². The Hall–Kier alpha value is -1.75. The molecule has 0 saturated carbocycles. The zero-order chi connectivity index (χ0) is 16.4. The van der Waals surface area contributed by atoms with E-state index < -0.39 is 0 Å². The lowest BCUT2D eigenvalue weighted by Gasteiger charge is -2.35. The SMILES string of the molecule is Cc1nc(C(C)C)sc1C(=O)N1CCCC[C@H]1c1ccccn1. The average molecular weight is 329 g/mol. The Morgan fingerprint density at radius 3 is 2.83 bits per heavy atom. The molecule has 3 heterocycles. The number of thiazole rings is 1. The number of carbonyl (C=O) groups excluding carboxylic acids is 1. The van der Waals surface area contributed by atoms with Crippen molar-refractivity contribution in [1.29, 1.82) is 0 Å². The molecular weight excluding hydrogens is 306 g/mol. The van der Waals surface area contributed by atoms with Crippen LogP contribution in [0.25, 0.3) is 0 Å². The maximum Gasteiger partial charge on any atom is 0.266 e. The van der Waals surface area contributed by atoms with Crippen LogP contribution in [-0.2, 0) is 0 Å². The molecule has 4 nitrogen and oxygen atoms in total. The Labute approximate surface area is 141 Å². The van der Waals surface area contributed by atoms with Crippen molar-refractivity contribution < 1.29 is 4.79 Å². The first-order valence-corrected chi connectivity index (χ1v) is 9.08. The molecule has 3 rings (SSSR count). The van der Waals surface area contributed by atoms with E-state index in [4.69, 9.17) is 0 Å². The zero-order valence-corrected chi connectivity index (χ0v) is 14.8. The second-order valence-electron chi connectivity index (χ2n) is 6.39. The second-order valence-corrected chi connectivity index (χ2v) is 7.42. The van der Waals surface area contributed by atoms with E-state index in [1.807, 2.05) is 30.0 Å². The van der Waals surface area contributed by atoms with Crippen molar-refractivity contribution in [3.8, 4) is 0 Å². The van der Waals surface area contributed by atoms with E-state index in [-0.39, 0.29) is 11.9 Å². The van der Waals surface area contributed by atoms with Crippen LogP contribution in [0, 0.1) is 6.92 Å². The van der Waals surface area contributed by atoms with Gasteiger partial charge in [0.25, 0.3) is 5.91 Å². The lowest BCUT2D eigenvalue weighted by Crippen LogP contribution is -2.38. The molecule has 1 aliphatic rings. The molecule has 0 radical (unpaired) electrons. The van der Waals surface area contributed by atoms with E-state index >= 15 is 0 Å². The van der Waals surface area contributed by atoms with Gasteiger partial charge in [-0.3, -0.25) is 9.78 Å². The summed E-state index contributed by atoms with van der Waals surface area (Å²) in [6.45, 7) is 6.97. The minimum atomic E-state index is 0.0847. The van der Waals surface area contributed by atoms with E-state index in [1.54, 1.807) is 17.5 Å². The van der Waals surface area contributed by atoms with Gasteiger partial charge in [-0.2, -0.15) is 0 Å². The van der Waals surface area contributed by atoms with Crippen molar-refractivity contribution >= 4 is 17.2 Å². The van der Waals surface area contributed by atoms with E-state index in [2.05, 4.69) is 23.8 Å². The van der Waals surface area contributed by atoms with Crippen molar-refractivity contribution in [3.05, 3.63) is 45.7 Å². The topological polar surface area (TPSA) is 46.1 Å². The first-order valence-electron chi connectivity index (χ1n) is 8.27. The maximum atomic E-state index is 13.1. The predicted molar refractivity (Wildman–Crippen MR) is 92.8 cm³/mol. The van der Waals surface area contributed by atoms with Gasteiger partial charge in [0.2, 0.25) is 0 Å².